The zero-order valence-corrected chi connectivity index (χ0v) is 13.0. The number of methoxy groups -OCH3 is 1. The average molecular weight is 320 g/mol. The minimum Gasteiger partial charge on any atom is -0.496 e. The molecule has 0 radical (unpaired) electrons. The molecule has 116 valence electrons. The van der Waals surface area contributed by atoms with Crippen LogP contribution in [0.3, 0.4) is 0 Å². The molecule has 0 spiro atoms. The monoisotopic (exact) mass is 320 g/mol. The zero-order chi connectivity index (χ0) is 16.3. The summed E-state index contributed by atoms with van der Waals surface area (Å²) in [5.41, 5.74) is 1.62. The summed E-state index contributed by atoms with van der Waals surface area (Å²) >= 11 is 0. The summed E-state index contributed by atoms with van der Waals surface area (Å²) in [4.78, 5) is 12.1. The van der Waals surface area contributed by atoms with Crippen LogP contribution in [-0.4, -0.2) is 21.4 Å². The second-order valence-electron chi connectivity index (χ2n) is 4.71. The van der Waals surface area contributed by atoms with Crippen LogP contribution in [0.2, 0.25) is 0 Å². The number of aryl methyl sites for hydroxylation is 1. The van der Waals surface area contributed by atoms with E-state index in [-0.39, 0.29) is 10.8 Å². The van der Waals surface area contributed by atoms with Crippen LogP contribution in [0.25, 0.3) is 0 Å². The van der Waals surface area contributed by atoms with Gasteiger partial charge in [-0.3, -0.25) is 4.79 Å². The third kappa shape index (κ3) is 3.63. The maximum absolute atomic E-state index is 12.2. The van der Waals surface area contributed by atoms with E-state index in [2.05, 4.69) is 5.32 Å². The number of benzene rings is 2. The smallest absolute Gasteiger partial charge is 0.255 e. The zero-order valence-electron chi connectivity index (χ0n) is 12.2. The lowest BCUT2D eigenvalue weighted by Gasteiger charge is -2.09. The number of primary sulfonamides is 1. The molecule has 0 fully saturated rings. The molecule has 0 atom stereocenters. The van der Waals surface area contributed by atoms with Crippen LogP contribution in [0.5, 0.6) is 5.75 Å². The minimum atomic E-state index is -3.81. The van der Waals surface area contributed by atoms with Gasteiger partial charge in [0.2, 0.25) is 10.0 Å². The number of nitrogens with two attached hydrogens (primary N) is 1. The average Bonchev–Trinajstić information content (AvgIpc) is 2.46. The number of carbonyl (C=O) groups excluding carboxylic acids is 1. The molecule has 1 amide bonds. The predicted octanol–water partition coefficient (Wildman–Crippen LogP) is 1.90. The topological polar surface area (TPSA) is 98.5 Å². The number of carbonyl (C=O) groups is 1. The number of rotatable bonds is 4. The van der Waals surface area contributed by atoms with Crippen molar-refractivity contribution in [2.75, 3.05) is 12.4 Å². The van der Waals surface area contributed by atoms with E-state index >= 15 is 0 Å². The molecule has 2 aromatic carbocycles. The SMILES string of the molecule is COc1ccc(C(=O)Nc2cccc(S(N)(=O)=O)c2)cc1C. The molecule has 0 unspecified atom stereocenters. The highest BCUT2D eigenvalue weighted by molar-refractivity contribution is 7.89. The Morgan fingerprint density at radius 2 is 1.91 bits per heavy atom. The fourth-order valence-corrected chi connectivity index (χ4v) is 2.53. The number of amides is 1. The molecular weight excluding hydrogens is 304 g/mol. The van der Waals surface area contributed by atoms with Gasteiger partial charge in [-0.2, -0.15) is 0 Å². The van der Waals surface area contributed by atoms with Gasteiger partial charge in [-0.15, -0.1) is 0 Å². The van der Waals surface area contributed by atoms with E-state index in [0.717, 1.165) is 5.56 Å². The number of hydrogen-bond acceptors (Lipinski definition) is 4. The van der Waals surface area contributed by atoms with Gasteiger partial charge < -0.3 is 10.1 Å². The van der Waals surface area contributed by atoms with Crippen molar-refractivity contribution in [1.29, 1.82) is 0 Å². The molecule has 3 N–H and O–H groups in total. The number of ether oxygens (including phenoxy) is 1. The Labute approximate surface area is 129 Å². The van der Waals surface area contributed by atoms with Crippen LogP contribution >= 0.6 is 0 Å². The highest BCUT2D eigenvalue weighted by Gasteiger charge is 2.11. The first-order valence-electron chi connectivity index (χ1n) is 6.40. The van der Waals surface area contributed by atoms with E-state index in [9.17, 15) is 13.2 Å². The lowest BCUT2D eigenvalue weighted by Crippen LogP contribution is -2.15. The Morgan fingerprint density at radius 3 is 2.50 bits per heavy atom. The third-order valence-electron chi connectivity index (χ3n) is 3.08. The van der Waals surface area contributed by atoms with Gasteiger partial charge in [0.05, 0.1) is 12.0 Å². The van der Waals surface area contributed by atoms with Crippen molar-refractivity contribution in [3.63, 3.8) is 0 Å². The van der Waals surface area contributed by atoms with Gasteiger partial charge in [0.1, 0.15) is 5.75 Å². The predicted molar refractivity (Wildman–Crippen MR) is 83.5 cm³/mol. The largest absolute Gasteiger partial charge is 0.496 e. The van der Waals surface area contributed by atoms with Crippen LogP contribution in [0.1, 0.15) is 15.9 Å². The van der Waals surface area contributed by atoms with Crippen LogP contribution in [0.4, 0.5) is 5.69 Å². The van der Waals surface area contributed by atoms with Gasteiger partial charge in [-0.05, 0) is 48.9 Å². The fraction of sp³-hybridized carbons (Fsp3) is 0.133. The molecular formula is C15H16N2O4S. The third-order valence-corrected chi connectivity index (χ3v) is 3.99. The molecule has 0 saturated heterocycles. The second-order valence-corrected chi connectivity index (χ2v) is 6.27. The maximum Gasteiger partial charge on any atom is 0.255 e. The normalized spacial score (nSPS) is 11.0. The van der Waals surface area contributed by atoms with Crippen molar-refractivity contribution >= 4 is 21.6 Å². The Kier molecular flexibility index (Phi) is 4.48. The van der Waals surface area contributed by atoms with Crippen LogP contribution in [0.15, 0.2) is 47.4 Å². The summed E-state index contributed by atoms with van der Waals surface area (Å²) in [7, 11) is -2.25. The quantitative estimate of drug-likeness (QED) is 0.899. The van der Waals surface area contributed by atoms with Gasteiger partial charge in [0, 0.05) is 11.3 Å². The van der Waals surface area contributed by atoms with Crippen LogP contribution < -0.4 is 15.2 Å². The van der Waals surface area contributed by atoms with Crippen molar-refractivity contribution < 1.29 is 17.9 Å². The van der Waals surface area contributed by atoms with Crippen molar-refractivity contribution in [1.82, 2.24) is 0 Å². The Balaban J connectivity index is 2.24. The fourth-order valence-electron chi connectivity index (χ4n) is 1.97. The summed E-state index contributed by atoms with van der Waals surface area (Å²) in [5, 5.41) is 7.70. The summed E-state index contributed by atoms with van der Waals surface area (Å²) in [6.07, 6.45) is 0. The minimum absolute atomic E-state index is 0.0591. The van der Waals surface area contributed by atoms with Crippen molar-refractivity contribution in [2.24, 2.45) is 5.14 Å². The van der Waals surface area contributed by atoms with E-state index in [1.54, 1.807) is 31.4 Å². The van der Waals surface area contributed by atoms with Crippen molar-refractivity contribution in [3.05, 3.63) is 53.6 Å². The summed E-state index contributed by atoms with van der Waals surface area (Å²) in [6.45, 7) is 1.83. The van der Waals surface area contributed by atoms with Crippen LogP contribution in [0, 0.1) is 6.92 Å². The lowest BCUT2D eigenvalue weighted by molar-refractivity contribution is 0.102. The van der Waals surface area contributed by atoms with Gasteiger partial charge in [0.25, 0.3) is 5.91 Å². The molecule has 0 heterocycles. The first kappa shape index (κ1) is 16.0. The molecule has 2 aromatic rings. The molecule has 0 bridgehead atoms. The molecule has 22 heavy (non-hydrogen) atoms. The van der Waals surface area contributed by atoms with Gasteiger partial charge >= 0.3 is 0 Å². The van der Waals surface area contributed by atoms with Gasteiger partial charge in [0.15, 0.2) is 0 Å². The molecule has 0 aliphatic heterocycles. The molecule has 6 nitrogen and oxygen atoms in total. The molecule has 0 aliphatic rings. The Bertz CT molecular complexity index is 816. The van der Waals surface area contributed by atoms with E-state index in [4.69, 9.17) is 9.88 Å². The van der Waals surface area contributed by atoms with Crippen LogP contribution in [-0.2, 0) is 10.0 Å². The number of sulfonamides is 1. The van der Waals surface area contributed by atoms with Gasteiger partial charge in [-0.25, -0.2) is 13.6 Å². The first-order chi connectivity index (χ1) is 10.3. The molecule has 0 aliphatic carbocycles. The van der Waals surface area contributed by atoms with Crippen molar-refractivity contribution in [2.45, 2.75) is 11.8 Å². The highest BCUT2D eigenvalue weighted by Crippen LogP contribution is 2.20. The number of nitrogens with one attached hydrogen (secondary N) is 1. The number of anilines is 1. The first-order valence-corrected chi connectivity index (χ1v) is 7.95. The summed E-state index contributed by atoms with van der Waals surface area (Å²) in [6, 6.07) is 10.8. The summed E-state index contributed by atoms with van der Waals surface area (Å²) < 4.78 is 27.8. The van der Waals surface area contributed by atoms with E-state index in [0.29, 0.717) is 17.0 Å². The standard InChI is InChI=1S/C15H16N2O4S/c1-10-8-11(6-7-14(10)21-2)15(18)17-12-4-3-5-13(9-12)22(16,19)20/h3-9H,1-2H3,(H,17,18)(H2,16,19,20). The van der Waals surface area contributed by atoms with E-state index in [1.165, 1.54) is 18.2 Å². The van der Waals surface area contributed by atoms with Crippen molar-refractivity contribution in [3.8, 4) is 5.75 Å². The lowest BCUT2D eigenvalue weighted by atomic mass is 10.1. The molecule has 2 rings (SSSR count). The Hall–Kier alpha value is -2.38. The highest BCUT2D eigenvalue weighted by atomic mass is 32.2. The molecule has 0 aromatic heterocycles. The number of hydrogen-bond donors (Lipinski definition) is 2. The second kappa shape index (κ2) is 6.17. The summed E-state index contributed by atoms with van der Waals surface area (Å²) in [5.74, 6) is 0.338. The van der Waals surface area contributed by atoms with E-state index < -0.39 is 10.0 Å². The van der Waals surface area contributed by atoms with Gasteiger partial charge in [-0.1, -0.05) is 6.07 Å². The van der Waals surface area contributed by atoms with E-state index in [1.807, 2.05) is 6.92 Å². The molecule has 0 saturated carbocycles. The Morgan fingerprint density at radius 1 is 1.18 bits per heavy atom. The maximum atomic E-state index is 12.2. The molecule has 7 heteroatoms.